The van der Waals surface area contributed by atoms with Crippen molar-refractivity contribution in [2.75, 3.05) is 0 Å². The van der Waals surface area contributed by atoms with Gasteiger partial charge in [-0.3, -0.25) is 0 Å². The maximum atomic E-state index is 2.21. The Morgan fingerprint density at radius 2 is 1.55 bits per heavy atom. The third-order valence-electron chi connectivity index (χ3n) is 4.02. The van der Waals surface area contributed by atoms with Crippen molar-refractivity contribution in [1.82, 2.24) is 0 Å². The molecule has 2 nitrogen and oxygen atoms in total. The topological polar surface area (TPSA) is 7.76 Å². The Kier molecular flexibility index (Phi) is 2.27. The van der Waals surface area contributed by atoms with Crippen LogP contribution in [0, 0.1) is 0 Å². The zero-order valence-electron chi connectivity index (χ0n) is 11.7. The van der Waals surface area contributed by atoms with Gasteiger partial charge in [0.2, 0.25) is 5.52 Å². The van der Waals surface area contributed by atoms with Crippen LogP contribution in [0.3, 0.4) is 0 Å². The maximum Gasteiger partial charge on any atom is 0.212 e. The summed E-state index contributed by atoms with van der Waals surface area (Å²) in [5.74, 6) is 0. The first-order valence-corrected chi connectivity index (χ1v) is 6.83. The number of fused-ring (bicyclic) bond motifs is 5. The Balaban J connectivity index is 2.34. The standard InChI is InChI=1S/C18H16N2/c1-19-10-9-15-13(11-19)7-8-14-12-20(2)17-6-4-3-5-16(17)18(14)15/h3-12H,1-2H3/q+2. The van der Waals surface area contributed by atoms with E-state index in [0.717, 1.165) is 0 Å². The van der Waals surface area contributed by atoms with Crippen LogP contribution in [0.15, 0.2) is 61.1 Å². The summed E-state index contributed by atoms with van der Waals surface area (Å²) in [7, 11) is 4.17. The van der Waals surface area contributed by atoms with Crippen LogP contribution < -0.4 is 9.13 Å². The van der Waals surface area contributed by atoms with Gasteiger partial charge in [-0.25, -0.2) is 9.13 Å². The molecule has 0 amide bonds. The second-order valence-electron chi connectivity index (χ2n) is 5.40. The molecule has 2 aromatic heterocycles. The van der Waals surface area contributed by atoms with E-state index in [9.17, 15) is 0 Å². The molecule has 0 N–H and O–H groups in total. The summed E-state index contributed by atoms with van der Waals surface area (Å²) in [5.41, 5.74) is 1.26. The van der Waals surface area contributed by atoms with E-state index in [0.29, 0.717) is 0 Å². The van der Waals surface area contributed by atoms with Gasteiger partial charge in [0.15, 0.2) is 18.6 Å². The molecule has 0 spiro atoms. The van der Waals surface area contributed by atoms with E-state index in [1.165, 1.54) is 32.4 Å². The van der Waals surface area contributed by atoms with Gasteiger partial charge in [-0.15, -0.1) is 0 Å². The van der Waals surface area contributed by atoms with E-state index < -0.39 is 0 Å². The van der Waals surface area contributed by atoms with E-state index in [-0.39, 0.29) is 0 Å². The number of hydrogen-bond acceptors (Lipinski definition) is 0. The second-order valence-corrected chi connectivity index (χ2v) is 5.40. The number of hydrogen-bond donors (Lipinski definition) is 0. The van der Waals surface area contributed by atoms with Gasteiger partial charge in [0.25, 0.3) is 0 Å². The molecule has 0 radical (unpaired) electrons. The molecule has 0 fully saturated rings. The lowest BCUT2D eigenvalue weighted by molar-refractivity contribution is -0.670. The number of benzene rings is 2. The van der Waals surface area contributed by atoms with Gasteiger partial charge >= 0.3 is 0 Å². The predicted molar refractivity (Wildman–Crippen MR) is 81.3 cm³/mol. The lowest BCUT2D eigenvalue weighted by Gasteiger charge is -2.05. The van der Waals surface area contributed by atoms with Gasteiger partial charge in [0, 0.05) is 33.7 Å². The molecule has 0 unspecified atom stereocenters. The van der Waals surface area contributed by atoms with E-state index in [2.05, 4.69) is 84.3 Å². The molecule has 0 aliphatic carbocycles. The van der Waals surface area contributed by atoms with Crippen molar-refractivity contribution in [3.63, 3.8) is 0 Å². The summed E-state index contributed by atoms with van der Waals surface area (Å²) in [6, 6.07) is 15.2. The molecule has 0 bridgehead atoms. The van der Waals surface area contributed by atoms with Gasteiger partial charge < -0.3 is 0 Å². The average Bonchev–Trinajstić information content (AvgIpc) is 2.47. The molecule has 96 valence electrons. The molecule has 0 atom stereocenters. The van der Waals surface area contributed by atoms with Gasteiger partial charge in [0.05, 0.1) is 5.39 Å². The van der Waals surface area contributed by atoms with Crippen LogP contribution in [-0.2, 0) is 14.1 Å². The van der Waals surface area contributed by atoms with E-state index in [4.69, 9.17) is 0 Å². The molecule has 0 saturated carbocycles. The number of para-hydroxylation sites is 1. The quantitative estimate of drug-likeness (QED) is 0.339. The number of aromatic nitrogens is 2. The number of nitrogens with zero attached hydrogens (tertiary/aromatic N) is 2. The normalized spacial score (nSPS) is 11.5. The Morgan fingerprint density at radius 3 is 2.45 bits per heavy atom. The SMILES string of the molecule is C[n+]1ccc2c(ccc3c[n+](C)c4ccccc4c32)c1. The molecule has 0 aliphatic rings. The molecule has 0 saturated heterocycles. The van der Waals surface area contributed by atoms with Gasteiger partial charge in [-0.1, -0.05) is 12.1 Å². The van der Waals surface area contributed by atoms with Crippen LogP contribution in [0.1, 0.15) is 0 Å². The number of rotatable bonds is 0. The first kappa shape index (κ1) is 11.4. The van der Waals surface area contributed by atoms with Crippen LogP contribution in [0.25, 0.3) is 32.4 Å². The van der Waals surface area contributed by atoms with Gasteiger partial charge in [-0.2, -0.15) is 0 Å². The van der Waals surface area contributed by atoms with Crippen molar-refractivity contribution in [3.05, 3.63) is 61.1 Å². The summed E-state index contributed by atoms with van der Waals surface area (Å²) in [5, 5.41) is 6.54. The summed E-state index contributed by atoms with van der Waals surface area (Å²) in [6.45, 7) is 0. The van der Waals surface area contributed by atoms with Crippen LogP contribution >= 0.6 is 0 Å². The van der Waals surface area contributed by atoms with Crippen molar-refractivity contribution < 1.29 is 9.13 Å². The molecule has 2 aromatic carbocycles. The van der Waals surface area contributed by atoms with Crippen molar-refractivity contribution in [3.8, 4) is 0 Å². The minimum Gasteiger partial charge on any atom is -0.207 e. The summed E-state index contributed by atoms with van der Waals surface area (Å²) < 4.78 is 4.30. The van der Waals surface area contributed by atoms with Crippen molar-refractivity contribution in [1.29, 1.82) is 0 Å². The number of pyridine rings is 2. The average molecular weight is 260 g/mol. The third-order valence-corrected chi connectivity index (χ3v) is 4.02. The van der Waals surface area contributed by atoms with E-state index in [1.807, 2.05) is 0 Å². The van der Waals surface area contributed by atoms with Crippen molar-refractivity contribution in [2.45, 2.75) is 0 Å². The number of aryl methyl sites for hydroxylation is 2. The zero-order valence-corrected chi connectivity index (χ0v) is 11.7. The molecular formula is C18H16N2+2. The highest BCUT2D eigenvalue weighted by Gasteiger charge is 2.13. The predicted octanol–water partition coefficient (Wildman–Crippen LogP) is 2.80. The van der Waals surface area contributed by atoms with E-state index >= 15 is 0 Å². The fourth-order valence-corrected chi connectivity index (χ4v) is 3.08. The Morgan fingerprint density at radius 1 is 0.750 bits per heavy atom. The highest BCUT2D eigenvalue weighted by molar-refractivity contribution is 6.17. The molecular weight excluding hydrogens is 244 g/mol. The molecule has 2 heteroatoms. The molecule has 4 aromatic rings. The summed E-state index contributed by atoms with van der Waals surface area (Å²) in [4.78, 5) is 0. The van der Waals surface area contributed by atoms with Crippen LogP contribution in [0.5, 0.6) is 0 Å². The highest BCUT2D eigenvalue weighted by atomic mass is 14.9. The summed E-state index contributed by atoms with van der Waals surface area (Å²) in [6.07, 6.45) is 6.50. The van der Waals surface area contributed by atoms with Gasteiger partial charge in [0.1, 0.15) is 14.1 Å². The Bertz CT molecular complexity index is 971. The first-order valence-electron chi connectivity index (χ1n) is 6.83. The Hall–Kier alpha value is -2.48. The maximum absolute atomic E-state index is 2.21. The summed E-state index contributed by atoms with van der Waals surface area (Å²) >= 11 is 0. The smallest absolute Gasteiger partial charge is 0.207 e. The van der Waals surface area contributed by atoms with Gasteiger partial charge in [-0.05, 0) is 18.2 Å². The third kappa shape index (κ3) is 1.51. The molecule has 0 aliphatic heterocycles. The largest absolute Gasteiger partial charge is 0.212 e. The fourth-order valence-electron chi connectivity index (χ4n) is 3.08. The lowest BCUT2D eigenvalue weighted by atomic mass is 10.0. The second kappa shape index (κ2) is 4.01. The zero-order chi connectivity index (χ0) is 13.7. The lowest BCUT2D eigenvalue weighted by Crippen LogP contribution is -2.28. The van der Waals surface area contributed by atoms with Crippen LogP contribution in [-0.4, -0.2) is 0 Å². The minimum atomic E-state index is 1.26. The molecule has 2 heterocycles. The Labute approximate surface area is 117 Å². The fraction of sp³-hybridized carbons (Fsp3) is 0.111. The first-order chi connectivity index (χ1) is 9.74. The van der Waals surface area contributed by atoms with Crippen molar-refractivity contribution in [2.24, 2.45) is 14.1 Å². The van der Waals surface area contributed by atoms with Crippen LogP contribution in [0.2, 0.25) is 0 Å². The van der Waals surface area contributed by atoms with E-state index in [1.54, 1.807) is 0 Å². The van der Waals surface area contributed by atoms with Crippen molar-refractivity contribution >= 4 is 32.4 Å². The minimum absolute atomic E-state index is 1.26. The highest BCUT2D eigenvalue weighted by Crippen LogP contribution is 2.29. The molecule has 4 rings (SSSR count). The van der Waals surface area contributed by atoms with Crippen LogP contribution in [0.4, 0.5) is 0 Å². The molecule has 20 heavy (non-hydrogen) atoms. The monoisotopic (exact) mass is 260 g/mol.